The van der Waals surface area contributed by atoms with Crippen LogP contribution in [0.1, 0.15) is 16.7 Å². The topological polar surface area (TPSA) is 36.9 Å². The monoisotopic (exact) mass is 457 g/mol. The molecule has 0 aromatic heterocycles. The van der Waals surface area contributed by atoms with Gasteiger partial charge in [0.1, 0.15) is 5.82 Å². The maximum Gasteiger partial charge on any atom is 0.193 e. The summed E-state index contributed by atoms with van der Waals surface area (Å²) >= 11 is 0. The number of guanidine groups is 1. The van der Waals surface area contributed by atoms with Crippen LogP contribution in [0.3, 0.4) is 0 Å². The first-order chi connectivity index (χ1) is 11.6. The van der Waals surface area contributed by atoms with Gasteiger partial charge in [-0.15, -0.1) is 24.0 Å². The Bertz CT molecular complexity index is 659. The first-order valence-corrected chi connectivity index (χ1v) is 7.85. The highest BCUT2D eigenvalue weighted by molar-refractivity contribution is 14.0. The zero-order valence-corrected chi connectivity index (χ0v) is 17.2. The van der Waals surface area contributed by atoms with Crippen LogP contribution in [0, 0.1) is 5.82 Å². The Balaban J connectivity index is 0.00000312. The fourth-order valence-electron chi connectivity index (χ4n) is 2.42. The molecule has 136 valence electrons. The summed E-state index contributed by atoms with van der Waals surface area (Å²) < 4.78 is 18.1. The number of nitrogens with one attached hydrogen (secondary N) is 1. The van der Waals surface area contributed by atoms with E-state index < -0.39 is 0 Å². The molecule has 0 spiro atoms. The lowest BCUT2D eigenvalue weighted by atomic mass is 10.1. The van der Waals surface area contributed by atoms with E-state index in [0.29, 0.717) is 19.7 Å². The second-order valence-corrected chi connectivity index (χ2v) is 5.63. The normalized spacial score (nSPS) is 11.0. The number of hydrogen-bond acceptors (Lipinski definition) is 2. The minimum absolute atomic E-state index is 0. The molecule has 0 saturated heterocycles. The number of rotatable bonds is 6. The van der Waals surface area contributed by atoms with Crippen LogP contribution in [0.2, 0.25) is 0 Å². The van der Waals surface area contributed by atoms with E-state index in [1.54, 1.807) is 26.3 Å². The highest BCUT2D eigenvalue weighted by Crippen LogP contribution is 2.07. The minimum atomic E-state index is -0.221. The fourth-order valence-corrected chi connectivity index (χ4v) is 2.42. The Morgan fingerprint density at radius 1 is 1.04 bits per heavy atom. The predicted molar refractivity (Wildman–Crippen MR) is 111 cm³/mol. The summed E-state index contributed by atoms with van der Waals surface area (Å²) in [5, 5.41) is 3.34. The Hall–Kier alpha value is -1.67. The van der Waals surface area contributed by atoms with Crippen LogP contribution in [0.4, 0.5) is 4.39 Å². The van der Waals surface area contributed by atoms with Gasteiger partial charge < -0.3 is 15.0 Å². The van der Waals surface area contributed by atoms with Gasteiger partial charge >= 0.3 is 0 Å². The first-order valence-electron chi connectivity index (χ1n) is 7.85. The maximum absolute atomic E-state index is 13.0. The van der Waals surface area contributed by atoms with Crippen molar-refractivity contribution < 1.29 is 9.13 Å². The van der Waals surface area contributed by atoms with Gasteiger partial charge in [-0.2, -0.15) is 0 Å². The van der Waals surface area contributed by atoms with Gasteiger partial charge in [0.15, 0.2) is 5.96 Å². The number of methoxy groups -OCH3 is 1. The average molecular weight is 457 g/mol. The lowest BCUT2D eigenvalue weighted by Gasteiger charge is -2.22. The Labute approximate surface area is 166 Å². The number of hydrogen-bond donors (Lipinski definition) is 1. The summed E-state index contributed by atoms with van der Waals surface area (Å²) in [6, 6.07) is 14.8. The van der Waals surface area contributed by atoms with Crippen LogP contribution in [-0.4, -0.2) is 32.1 Å². The van der Waals surface area contributed by atoms with Crippen LogP contribution >= 0.6 is 24.0 Å². The van der Waals surface area contributed by atoms with Crippen molar-refractivity contribution in [2.45, 2.75) is 19.7 Å². The number of aliphatic imine (C=N–C) groups is 1. The molecule has 0 aliphatic carbocycles. The summed E-state index contributed by atoms with van der Waals surface area (Å²) in [7, 11) is 5.40. The van der Waals surface area contributed by atoms with E-state index in [2.05, 4.69) is 34.6 Å². The van der Waals surface area contributed by atoms with Crippen molar-refractivity contribution in [2.24, 2.45) is 4.99 Å². The molecule has 4 nitrogen and oxygen atoms in total. The van der Waals surface area contributed by atoms with Crippen molar-refractivity contribution in [1.29, 1.82) is 0 Å². The molecule has 0 heterocycles. The van der Waals surface area contributed by atoms with E-state index in [1.807, 2.05) is 11.9 Å². The third-order valence-electron chi connectivity index (χ3n) is 3.69. The molecule has 0 radical (unpaired) electrons. The van der Waals surface area contributed by atoms with Gasteiger partial charge in [0, 0.05) is 34.3 Å². The zero-order chi connectivity index (χ0) is 17.4. The van der Waals surface area contributed by atoms with Crippen molar-refractivity contribution in [3.05, 3.63) is 71.0 Å². The molecule has 0 amide bonds. The largest absolute Gasteiger partial charge is 0.380 e. The van der Waals surface area contributed by atoms with Crippen LogP contribution in [-0.2, 0) is 24.4 Å². The smallest absolute Gasteiger partial charge is 0.193 e. The molecule has 1 N–H and O–H groups in total. The van der Waals surface area contributed by atoms with Gasteiger partial charge in [0.2, 0.25) is 0 Å². The molecule has 6 heteroatoms. The van der Waals surface area contributed by atoms with Gasteiger partial charge in [0.25, 0.3) is 0 Å². The Kier molecular flexibility index (Phi) is 9.44. The van der Waals surface area contributed by atoms with Crippen LogP contribution in [0.25, 0.3) is 0 Å². The van der Waals surface area contributed by atoms with Crippen LogP contribution < -0.4 is 5.32 Å². The molecule has 0 aliphatic heterocycles. The minimum Gasteiger partial charge on any atom is -0.380 e. The highest BCUT2D eigenvalue weighted by Gasteiger charge is 2.07. The standard InChI is InChI=1S/C19H24FN3O.HI/c1-21-19(23(2)13-16-8-10-18(20)11-9-16)22-12-15-4-6-17(7-5-15)14-24-3;/h4-11H,12-14H2,1-3H3,(H,21,22);1H. The zero-order valence-electron chi connectivity index (χ0n) is 14.8. The second kappa shape index (κ2) is 11.0. The maximum atomic E-state index is 13.0. The van der Waals surface area contributed by atoms with Crippen molar-refractivity contribution in [3.63, 3.8) is 0 Å². The van der Waals surface area contributed by atoms with Gasteiger partial charge in [-0.1, -0.05) is 36.4 Å². The first kappa shape index (κ1) is 21.4. The summed E-state index contributed by atoms with van der Waals surface area (Å²) in [6.45, 7) is 1.97. The summed E-state index contributed by atoms with van der Waals surface area (Å²) in [4.78, 5) is 6.31. The van der Waals surface area contributed by atoms with Gasteiger partial charge in [-0.3, -0.25) is 4.99 Å². The summed E-state index contributed by atoms with van der Waals surface area (Å²) in [6.07, 6.45) is 0. The molecular formula is C19H25FIN3O. The molecule has 2 rings (SSSR count). The molecule has 2 aromatic carbocycles. The van der Waals surface area contributed by atoms with Crippen LogP contribution in [0.5, 0.6) is 0 Å². The molecule has 0 atom stereocenters. The van der Waals surface area contributed by atoms with E-state index in [4.69, 9.17) is 4.74 Å². The SMILES string of the molecule is CN=C(NCc1ccc(COC)cc1)N(C)Cc1ccc(F)cc1.I. The lowest BCUT2D eigenvalue weighted by Crippen LogP contribution is -2.38. The Morgan fingerprint density at radius 3 is 2.16 bits per heavy atom. The molecule has 0 unspecified atom stereocenters. The van der Waals surface area contributed by atoms with Gasteiger partial charge in [0.05, 0.1) is 6.61 Å². The number of benzene rings is 2. The van der Waals surface area contributed by atoms with E-state index in [9.17, 15) is 4.39 Å². The third-order valence-corrected chi connectivity index (χ3v) is 3.69. The van der Waals surface area contributed by atoms with E-state index in [-0.39, 0.29) is 29.8 Å². The number of ether oxygens (including phenoxy) is 1. The molecule has 0 aliphatic rings. The van der Waals surface area contributed by atoms with Crippen molar-refractivity contribution in [2.75, 3.05) is 21.2 Å². The van der Waals surface area contributed by atoms with Crippen molar-refractivity contribution in [3.8, 4) is 0 Å². The Morgan fingerprint density at radius 2 is 1.60 bits per heavy atom. The van der Waals surface area contributed by atoms with E-state index >= 15 is 0 Å². The average Bonchev–Trinajstić information content (AvgIpc) is 2.59. The van der Waals surface area contributed by atoms with Crippen LogP contribution in [0.15, 0.2) is 53.5 Å². The lowest BCUT2D eigenvalue weighted by molar-refractivity contribution is 0.185. The number of nitrogens with zero attached hydrogens (tertiary/aromatic N) is 2. The molecular weight excluding hydrogens is 432 g/mol. The predicted octanol–water partition coefficient (Wildman–Crippen LogP) is 3.80. The van der Waals surface area contributed by atoms with Gasteiger partial charge in [-0.25, -0.2) is 4.39 Å². The molecule has 0 saturated carbocycles. The highest BCUT2D eigenvalue weighted by atomic mass is 127. The molecule has 25 heavy (non-hydrogen) atoms. The molecule has 0 bridgehead atoms. The van der Waals surface area contributed by atoms with Gasteiger partial charge in [-0.05, 0) is 28.8 Å². The van der Waals surface area contributed by atoms with Crippen molar-refractivity contribution >= 4 is 29.9 Å². The quantitative estimate of drug-likeness (QED) is 0.408. The van der Waals surface area contributed by atoms with Crippen molar-refractivity contribution in [1.82, 2.24) is 10.2 Å². The molecule has 2 aromatic rings. The fraction of sp³-hybridized carbons (Fsp3) is 0.316. The van der Waals surface area contributed by atoms with E-state index in [1.165, 1.54) is 17.7 Å². The van der Waals surface area contributed by atoms with E-state index in [0.717, 1.165) is 17.1 Å². The molecule has 0 fully saturated rings. The second-order valence-electron chi connectivity index (χ2n) is 5.63. The summed E-state index contributed by atoms with van der Waals surface area (Å²) in [5.74, 6) is 0.570. The summed E-state index contributed by atoms with van der Waals surface area (Å²) in [5.41, 5.74) is 3.36. The number of halogens is 2. The third kappa shape index (κ3) is 6.99.